The van der Waals surface area contributed by atoms with Crippen LogP contribution >= 0.6 is 34.8 Å². The van der Waals surface area contributed by atoms with Gasteiger partial charge in [0.15, 0.2) is 5.06 Å². The van der Waals surface area contributed by atoms with E-state index in [1.54, 1.807) is 6.92 Å². The molecule has 0 aromatic heterocycles. The zero-order valence-electron chi connectivity index (χ0n) is 4.62. The van der Waals surface area contributed by atoms with Crippen LogP contribution in [0.3, 0.4) is 0 Å². The Morgan fingerprint density at radius 1 is 1.62 bits per heavy atom. The van der Waals surface area contributed by atoms with Crippen LogP contribution in [0.25, 0.3) is 0 Å². The molecule has 0 aromatic carbocycles. The lowest BCUT2D eigenvalue weighted by Gasteiger charge is -2.21. The molecule has 0 saturated heterocycles. The van der Waals surface area contributed by atoms with E-state index in [9.17, 15) is 0 Å². The maximum Gasteiger partial charge on any atom is 0.158 e. The first kappa shape index (κ1) is 9.05. The lowest BCUT2D eigenvalue weighted by atomic mass is 10.5. The molecule has 0 aromatic rings. The number of halogens is 3. The van der Waals surface area contributed by atoms with Crippen molar-refractivity contribution in [2.75, 3.05) is 0 Å². The molecular weight excluding hydrogens is 186 g/mol. The van der Waals surface area contributed by atoms with Crippen LogP contribution in [-0.4, -0.2) is 20.4 Å². The zero-order chi connectivity index (χ0) is 6.78. The highest BCUT2D eigenvalue weighted by Crippen LogP contribution is 2.26. The third-order valence-electron chi connectivity index (χ3n) is 0.789. The maximum atomic E-state index is 5.60. The van der Waals surface area contributed by atoms with E-state index in [4.69, 9.17) is 39.2 Å². The van der Waals surface area contributed by atoms with Crippen molar-refractivity contribution in [3.05, 3.63) is 0 Å². The molecule has 5 heteroatoms. The van der Waals surface area contributed by atoms with Crippen molar-refractivity contribution >= 4 is 45.3 Å². The van der Waals surface area contributed by atoms with E-state index in [2.05, 4.69) is 0 Å². The minimum Gasteiger partial charge on any atom is -0.408 e. The minimum absolute atomic E-state index is 0.544. The molecule has 0 heterocycles. The fourth-order valence-corrected chi connectivity index (χ4v) is 0.802. The highest BCUT2D eigenvalue weighted by atomic mass is 35.5. The number of hydrogen-bond acceptors (Lipinski definition) is 1. The second-order valence-electron chi connectivity index (χ2n) is 1.49. The summed E-state index contributed by atoms with van der Waals surface area (Å²) in [5.41, 5.74) is 0. The van der Waals surface area contributed by atoms with Crippen molar-refractivity contribution in [1.29, 1.82) is 0 Å². The average molecular weight is 194 g/mol. The van der Waals surface area contributed by atoms with E-state index in [1.165, 1.54) is 0 Å². The minimum atomic E-state index is -0.894. The third-order valence-corrected chi connectivity index (χ3v) is 3.32. The first-order valence-electron chi connectivity index (χ1n) is 2.03. The summed E-state index contributed by atoms with van der Waals surface area (Å²) in [5, 5.41) is -0.894. The molecule has 0 radical (unpaired) electrons. The van der Waals surface area contributed by atoms with Crippen LogP contribution in [0.1, 0.15) is 6.92 Å². The SMILES string of the molecule is CC(Cl)(O[SiH3])C(Cl)Cl. The molecule has 0 fully saturated rings. The molecule has 8 heavy (non-hydrogen) atoms. The van der Waals surface area contributed by atoms with E-state index in [-0.39, 0.29) is 0 Å². The van der Waals surface area contributed by atoms with Gasteiger partial charge in [-0.1, -0.05) is 11.6 Å². The topological polar surface area (TPSA) is 9.23 Å². The Balaban J connectivity index is 3.71. The zero-order valence-corrected chi connectivity index (χ0v) is 8.89. The molecule has 0 N–H and O–H groups in total. The van der Waals surface area contributed by atoms with E-state index in [1.807, 2.05) is 0 Å². The van der Waals surface area contributed by atoms with E-state index < -0.39 is 9.90 Å². The monoisotopic (exact) mass is 192 g/mol. The summed E-state index contributed by atoms with van der Waals surface area (Å²) in [7, 11) is 0.544. The van der Waals surface area contributed by atoms with E-state index >= 15 is 0 Å². The molecule has 1 nitrogen and oxygen atoms in total. The lowest BCUT2D eigenvalue weighted by Crippen LogP contribution is -2.27. The van der Waals surface area contributed by atoms with Crippen molar-refractivity contribution < 1.29 is 4.43 Å². The number of rotatable bonds is 2. The maximum absolute atomic E-state index is 5.60. The molecule has 50 valence electrons. The Morgan fingerprint density at radius 2 is 2.00 bits per heavy atom. The summed E-state index contributed by atoms with van der Waals surface area (Å²) in [6.45, 7) is 1.63. The number of hydrogen-bond donors (Lipinski definition) is 0. The molecule has 0 aliphatic rings. The molecule has 0 rings (SSSR count). The van der Waals surface area contributed by atoms with Gasteiger partial charge in [0.2, 0.25) is 0 Å². The Hall–Kier alpha value is 1.05. The van der Waals surface area contributed by atoms with Gasteiger partial charge in [-0.3, -0.25) is 0 Å². The van der Waals surface area contributed by atoms with E-state index in [0.29, 0.717) is 10.5 Å². The van der Waals surface area contributed by atoms with E-state index in [0.717, 1.165) is 0 Å². The summed E-state index contributed by atoms with van der Waals surface area (Å²) in [5.74, 6) is 0. The van der Waals surface area contributed by atoms with Gasteiger partial charge in [0.05, 0.1) is 0 Å². The van der Waals surface area contributed by atoms with Gasteiger partial charge in [0.1, 0.15) is 15.3 Å². The molecule has 0 saturated carbocycles. The Bertz CT molecular complexity index is 74.9. The normalized spacial score (nSPS) is 19.1. The van der Waals surface area contributed by atoms with Crippen LogP contribution in [0.5, 0.6) is 0 Å². The van der Waals surface area contributed by atoms with Gasteiger partial charge in [0.25, 0.3) is 0 Å². The predicted molar refractivity (Wildman–Crippen MR) is 40.8 cm³/mol. The largest absolute Gasteiger partial charge is 0.408 e. The molecule has 0 aliphatic carbocycles. The highest BCUT2D eigenvalue weighted by Gasteiger charge is 2.27. The predicted octanol–water partition coefficient (Wildman–Crippen LogP) is 1.04. The summed E-state index contributed by atoms with van der Waals surface area (Å²) in [6, 6.07) is 0. The van der Waals surface area contributed by atoms with Gasteiger partial charge in [-0.2, -0.15) is 0 Å². The van der Waals surface area contributed by atoms with Crippen molar-refractivity contribution in [2.45, 2.75) is 16.8 Å². The van der Waals surface area contributed by atoms with Crippen molar-refractivity contribution in [2.24, 2.45) is 0 Å². The van der Waals surface area contributed by atoms with Gasteiger partial charge in [0, 0.05) is 0 Å². The molecule has 0 bridgehead atoms. The summed E-state index contributed by atoms with van der Waals surface area (Å²) < 4.78 is 4.84. The Labute approximate surface area is 66.8 Å². The molecule has 0 spiro atoms. The first-order chi connectivity index (χ1) is 3.50. The third kappa shape index (κ3) is 2.55. The second kappa shape index (κ2) is 3.27. The summed E-state index contributed by atoms with van der Waals surface area (Å²) >= 11 is 16.4. The quantitative estimate of drug-likeness (QED) is 0.470. The molecule has 0 amide bonds. The van der Waals surface area contributed by atoms with Crippen LogP contribution in [-0.2, 0) is 4.43 Å². The fourth-order valence-electron chi connectivity index (χ4n) is 0.0891. The Morgan fingerprint density at radius 3 is 2.00 bits per heavy atom. The van der Waals surface area contributed by atoms with Gasteiger partial charge in [-0.05, 0) is 6.92 Å². The average Bonchev–Trinajstić information content (AvgIpc) is 1.67. The standard InChI is InChI=1S/C3H7Cl3OSi/c1-3(6,7-8)2(4)5/h2H,1,8H3. The van der Waals surface area contributed by atoms with Crippen molar-refractivity contribution in [3.8, 4) is 0 Å². The molecule has 1 unspecified atom stereocenters. The van der Waals surface area contributed by atoms with Crippen LogP contribution in [0, 0.1) is 0 Å². The molecule has 1 atom stereocenters. The van der Waals surface area contributed by atoms with Crippen molar-refractivity contribution in [1.82, 2.24) is 0 Å². The summed E-state index contributed by atoms with van der Waals surface area (Å²) in [4.78, 5) is -0.665. The smallest absolute Gasteiger partial charge is 0.158 e. The van der Waals surface area contributed by atoms with Gasteiger partial charge >= 0.3 is 0 Å². The van der Waals surface area contributed by atoms with Crippen LogP contribution < -0.4 is 0 Å². The summed E-state index contributed by atoms with van der Waals surface area (Å²) in [6.07, 6.45) is 0. The van der Waals surface area contributed by atoms with Gasteiger partial charge in [-0.25, -0.2) is 0 Å². The molecule has 0 aliphatic heterocycles. The van der Waals surface area contributed by atoms with Crippen LogP contribution in [0.15, 0.2) is 0 Å². The molecular formula is C3H7Cl3OSi. The van der Waals surface area contributed by atoms with Crippen LogP contribution in [0.2, 0.25) is 0 Å². The van der Waals surface area contributed by atoms with Crippen LogP contribution in [0.4, 0.5) is 0 Å². The Kier molecular flexibility index (Phi) is 3.70. The first-order valence-corrected chi connectivity index (χ1v) is 4.09. The highest BCUT2D eigenvalue weighted by molar-refractivity contribution is 6.49. The van der Waals surface area contributed by atoms with Gasteiger partial charge in [-0.15, -0.1) is 23.2 Å². The fraction of sp³-hybridized carbons (Fsp3) is 1.00. The lowest BCUT2D eigenvalue weighted by molar-refractivity contribution is 0.213. The van der Waals surface area contributed by atoms with Crippen molar-refractivity contribution in [3.63, 3.8) is 0 Å². The van der Waals surface area contributed by atoms with Gasteiger partial charge < -0.3 is 4.43 Å². The second-order valence-corrected chi connectivity index (χ2v) is 3.75. The number of alkyl halides is 3.